The summed E-state index contributed by atoms with van der Waals surface area (Å²) in [4.78, 5) is 36.0. The van der Waals surface area contributed by atoms with Crippen LogP contribution in [0.3, 0.4) is 0 Å². The summed E-state index contributed by atoms with van der Waals surface area (Å²) in [5, 5.41) is 15.0. The van der Waals surface area contributed by atoms with Gasteiger partial charge in [0.15, 0.2) is 0 Å². The highest BCUT2D eigenvalue weighted by molar-refractivity contribution is 7.20. The Balaban J connectivity index is 1.53. The molecule has 1 atom stereocenters. The molecule has 8 heteroatoms. The number of rotatable bonds is 7. The van der Waals surface area contributed by atoms with E-state index < -0.39 is 24.0 Å². The van der Waals surface area contributed by atoms with Crippen LogP contribution < -0.4 is 10.6 Å². The van der Waals surface area contributed by atoms with Crippen LogP contribution in [0.5, 0.6) is 0 Å². The summed E-state index contributed by atoms with van der Waals surface area (Å²) in [5.41, 5.74) is 0.780. The molecule has 3 aromatic rings. The van der Waals surface area contributed by atoms with Gasteiger partial charge in [-0.25, -0.2) is 9.59 Å². The summed E-state index contributed by atoms with van der Waals surface area (Å²) >= 11 is 1.31. The van der Waals surface area contributed by atoms with E-state index in [0.29, 0.717) is 4.88 Å². The zero-order valence-electron chi connectivity index (χ0n) is 14.8. The Morgan fingerprint density at radius 3 is 2.46 bits per heavy atom. The molecule has 1 heterocycles. The molecule has 0 aliphatic heterocycles. The summed E-state index contributed by atoms with van der Waals surface area (Å²) in [6, 6.07) is 17.0. The highest BCUT2D eigenvalue weighted by Crippen LogP contribution is 2.24. The van der Waals surface area contributed by atoms with E-state index in [1.54, 1.807) is 30.3 Å². The fraction of sp³-hybridized carbons (Fsp3) is 0.150. The molecule has 0 radical (unpaired) electrons. The molecule has 3 N–H and O–H groups in total. The number of nitrogens with one attached hydrogen (secondary N) is 2. The molecule has 0 fully saturated rings. The first-order chi connectivity index (χ1) is 13.5. The van der Waals surface area contributed by atoms with E-state index in [2.05, 4.69) is 10.6 Å². The summed E-state index contributed by atoms with van der Waals surface area (Å²) in [7, 11) is 0. The molecule has 3 rings (SSSR count). The summed E-state index contributed by atoms with van der Waals surface area (Å²) < 4.78 is 5.98. The van der Waals surface area contributed by atoms with Gasteiger partial charge < -0.3 is 20.5 Å². The van der Waals surface area contributed by atoms with Crippen molar-refractivity contribution >= 4 is 39.4 Å². The number of alkyl carbamates (subject to hydrolysis) is 1. The number of thiophene rings is 1. The Hall–Kier alpha value is -3.39. The molecule has 144 valence electrons. The van der Waals surface area contributed by atoms with Crippen molar-refractivity contribution in [2.24, 2.45) is 0 Å². The van der Waals surface area contributed by atoms with E-state index >= 15 is 0 Å². The Labute approximate surface area is 164 Å². The molecular weight excluding hydrogens is 380 g/mol. The van der Waals surface area contributed by atoms with Gasteiger partial charge in [0.1, 0.15) is 12.6 Å². The zero-order chi connectivity index (χ0) is 19.9. The van der Waals surface area contributed by atoms with Gasteiger partial charge in [-0.3, -0.25) is 4.79 Å². The van der Waals surface area contributed by atoms with Gasteiger partial charge in [0.25, 0.3) is 5.91 Å². The lowest BCUT2D eigenvalue weighted by molar-refractivity contribution is -0.139. The minimum absolute atomic E-state index is 0.0210. The molecular formula is C20H18N2O5S. The van der Waals surface area contributed by atoms with Crippen LogP contribution in [-0.2, 0) is 16.1 Å². The van der Waals surface area contributed by atoms with Crippen molar-refractivity contribution in [1.82, 2.24) is 10.6 Å². The van der Waals surface area contributed by atoms with Gasteiger partial charge in [0, 0.05) is 11.2 Å². The van der Waals surface area contributed by atoms with Gasteiger partial charge >= 0.3 is 12.1 Å². The lowest BCUT2D eigenvalue weighted by atomic mass is 10.2. The van der Waals surface area contributed by atoms with E-state index in [9.17, 15) is 19.5 Å². The van der Waals surface area contributed by atoms with Crippen LogP contribution in [0.25, 0.3) is 10.1 Å². The Bertz CT molecular complexity index is 953. The number of ether oxygens (including phenoxy) is 1. The van der Waals surface area contributed by atoms with Crippen molar-refractivity contribution in [2.75, 3.05) is 6.54 Å². The third-order valence-corrected chi connectivity index (χ3v) is 5.03. The van der Waals surface area contributed by atoms with Crippen LogP contribution in [0, 0.1) is 0 Å². The fourth-order valence-corrected chi connectivity index (χ4v) is 3.46. The van der Waals surface area contributed by atoms with E-state index in [4.69, 9.17) is 4.74 Å². The fourth-order valence-electron chi connectivity index (χ4n) is 2.48. The summed E-state index contributed by atoms with van der Waals surface area (Å²) in [6.07, 6.45) is -0.868. The molecule has 28 heavy (non-hydrogen) atoms. The number of benzene rings is 2. The first-order valence-corrected chi connectivity index (χ1v) is 9.31. The summed E-state index contributed by atoms with van der Waals surface area (Å²) in [6.45, 7) is -0.240. The minimum Gasteiger partial charge on any atom is -0.480 e. The number of hydrogen-bond acceptors (Lipinski definition) is 5. The second kappa shape index (κ2) is 9.01. The predicted molar refractivity (Wildman–Crippen MR) is 105 cm³/mol. The Morgan fingerprint density at radius 2 is 1.75 bits per heavy atom. The number of carboxylic acids is 1. The number of amides is 2. The maximum Gasteiger partial charge on any atom is 0.408 e. The molecule has 0 saturated carbocycles. The van der Waals surface area contributed by atoms with E-state index in [0.717, 1.165) is 15.6 Å². The number of carbonyl (C=O) groups excluding carboxylic acids is 2. The monoisotopic (exact) mass is 398 g/mol. The van der Waals surface area contributed by atoms with Crippen molar-refractivity contribution in [1.29, 1.82) is 0 Å². The van der Waals surface area contributed by atoms with Crippen molar-refractivity contribution < 1.29 is 24.2 Å². The normalized spacial score (nSPS) is 11.6. The van der Waals surface area contributed by atoms with Gasteiger partial charge in [0.2, 0.25) is 0 Å². The number of aliphatic carboxylic acids is 1. The Kier molecular flexibility index (Phi) is 6.23. The molecule has 2 amide bonds. The van der Waals surface area contributed by atoms with Gasteiger partial charge in [-0.2, -0.15) is 0 Å². The molecule has 7 nitrogen and oxygen atoms in total. The van der Waals surface area contributed by atoms with Gasteiger partial charge in [-0.15, -0.1) is 11.3 Å². The number of fused-ring (bicyclic) bond motifs is 1. The topological polar surface area (TPSA) is 105 Å². The molecule has 0 aliphatic rings. The molecule has 1 unspecified atom stereocenters. The van der Waals surface area contributed by atoms with Crippen molar-refractivity contribution in [3.8, 4) is 0 Å². The second-order valence-corrected chi connectivity index (χ2v) is 7.04. The quantitative estimate of drug-likeness (QED) is 0.567. The molecule has 0 spiro atoms. The first kappa shape index (κ1) is 19.4. The highest BCUT2D eigenvalue weighted by atomic mass is 32.1. The van der Waals surface area contributed by atoms with E-state index in [1.807, 2.05) is 30.3 Å². The lowest BCUT2D eigenvalue weighted by Gasteiger charge is -2.15. The smallest absolute Gasteiger partial charge is 0.408 e. The van der Waals surface area contributed by atoms with Crippen molar-refractivity contribution in [3.05, 3.63) is 71.1 Å². The maximum atomic E-state index is 12.3. The largest absolute Gasteiger partial charge is 0.480 e. The van der Waals surface area contributed by atoms with Gasteiger partial charge in [0.05, 0.1) is 4.88 Å². The SMILES string of the molecule is O=C(NC(CNC(=O)c1cc2ccccc2s1)C(=O)O)OCc1ccccc1. The van der Waals surface area contributed by atoms with Crippen LogP contribution in [0.1, 0.15) is 15.2 Å². The lowest BCUT2D eigenvalue weighted by Crippen LogP contribution is -2.48. The van der Waals surface area contributed by atoms with Crippen molar-refractivity contribution in [3.63, 3.8) is 0 Å². The van der Waals surface area contributed by atoms with Crippen molar-refractivity contribution in [2.45, 2.75) is 12.6 Å². The summed E-state index contributed by atoms with van der Waals surface area (Å²) in [5.74, 6) is -1.67. The average Bonchev–Trinajstić information content (AvgIpc) is 3.14. The second-order valence-electron chi connectivity index (χ2n) is 5.96. The van der Waals surface area contributed by atoms with Gasteiger partial charge in [-0.05, 0) is 23.1 Å². The van der Waals surface area contributed by atoms with Crippen LogP contribution >= 0.6 is 11.3 Å². The molecule has 0 bridgehead atoms. The Morgan fingerprint density at radius 1 is 1.04 bits per heavy atom. The third kappa shape index (κ3) is 5.08. The minimum atomic E-state index is -1.30. The van der Waals surface area contributed by atoms with Gasteiger partial charge in [-0.1, -0.05) is 48.5 Å². The number of carbonyl (C=O) groups is 3. The van der Waals surface area contributed by atoms with Crippen LogP contribution in [-0.4, -0.2) is 35.7 Å². The standard InChI is InChI=1S/C20H18N2O5S/c23-18(17-10-14-8-4-5-9-16(14)28-17)21-11-15(19(24)25)22-20(26)27-12-13-6-2-1-3-7-13/h1-10,15H,11-12H2,(H,21,23)(H,22,26)(H,24,25). The molecule has 1 aromatic heterocycles. The van der Waals surface area contributed by atoms with E-state index in [1.165, 1.54) is 11.3 Å². The third-order valence-electron chi connectivity index (χ3n) is 3.92. The molecule has 2 aromatic carbocycles. The van der Waals surface area contributed by atoms with Crippen LogP contribution in [0.4, 0.5) is 4.79 Å². The van der Waals surface area contributed by atoms with E-state index in [-0.39, 0.29) is 13.2 Å². The number of carboxylic acid groups (broad SMARTS) is 1. The molecule has 0 aliphatic carbocycles. The average molecular weight is 398 g/mol. The first-order valence-electron chi connectivity index (χ1n) is 8.50. The van der Waals surface area contributed by atoms with Crippen LogP contribution in [0.2, 0.25) is 0 Å². The maximum absolute atomic E-state index is 12.3. The predicted octanol–water partition coefficient (Wildman–Crippen LogP) is 3.01. The molecule has 0 saturated heterocycles. The zero-order valence-corrected chi connectivity index (χ0v) is 15.6. The number of hydrogen-bond donors (Lipinski definition) is 3. The van der Waals surface area contributed by atoms with Crippen LogP contribution in [0.15, 0.2) is 60.7 Å². The highest BCUT2D eigenvalue weighted by Gasteiger charge is 2.22.